The van der Waals surface area contributed by atoms with Gasteiger partial charge in [-0.3, -0.25) is 0 Å². The number of hydrogen-bond acceptors (Lipinski definition) is 3. The third-order valence-electron chi connectivity index (χ3n) is 2.35. The van der Waals surface area contributed by atoms with Gasteiger partial charge in [0.1, 0.15) is 6.29 Å². The molecule has 70 valence electrons. The van der Waals surface area contributed by atoms with E-state index in [1.54, 1.807) is 7.11 Å². The molecule has 0 radical (unpaired) electrons. The maximum absolute atomic E-state index is 10.5. The van der Waals surface area contributed by atoms with E-state index in [0.29, 0.717) is 0 Å². The Morgan fingerprint density at radius 3 is 3.17 bits per heavy atom. The molecule has 1 rings (SSSR count). The van der Waals surface area contributed by atoms with Crippen molar-refractivity contribution in [1.82, 2.24) is 4.90 Å². The quantitative estimate of drug-likeness (QED) is 0.578. The van der Waals surface area contributed by atoms with E-state index in [0.717, 1.165) is 45.4 Å². The van der Waals surface area contributed by atoms with Crippen LogP contribution in [0.4, 0.5) is 0 Å². The second-order valence-corrected chi connectivity index (χ2v) is 3.33. The standard InChI is InChI=1S/C9H17NO2/c1-12-6-5-10-4-2-3-9(7-10)8-11/h8-9H,2-7H2,1H3. The summed E-state index contributed by atoms with van der Waals surface area (Å²) in [5, 5.41) is 0. The first-order valence-electron chi connectivity index (χ1n) is 4.53. The molecule has 1 saturated heterocycles. The highest BCUT2D eigenvalue weighted by Crippen LogP contribution is 2.13. The number of rotatable bonds is 4. The molecule has 3 heteroatoms. The van der Waals surface area contributed by atoms with Crippen LogP contribution in [0.2, 0.25) is 0 Å². The smallest absolute Gasteiger partial charge is 0.124 e. The number of methoxy groups -OCH3 is 1. The Bertz CT molecular complexity index is 138. The van der Waals surface area contributed by atoms with E-state index >= 15 is 0 Å². The van der Waals surface area contributed by atoms with Gasteiger partial charge in [-0.25, -0.2) is 0 Å². The minimum Gasteiger partial charge on any atom is -0.383 e. The molecule has 0 aromatic rings. The van der Waals surface area contributed by atoms with Crippen molar-refractivity contribution < 1.29 is 9.53 Å². The second-order valence-electron chi connectivity index (χ2n) is 3.33. The molecule has 3 nitrogen and oxygen atoms in total. The minimum atomic E-state index is 0.260. The number of carbonyl (C=O) groups excluding carboxylic acids is 1. The average molecular weight is 171 g/mol. The molecule has 1 fully saturated rings. The van der Waals surface area contributed by atoms with Gasteiger partial charge in [-0.1, -0.05) is 0 Å². The number of hydrogen-bond donors (Lipinski definition) is 0. The molecular weight excluding hydrogens is 154 g/mol. The van der Waals surface area contributed by atoms with E-state index in [9.17, 15) is 4.79 Å². The lowest BCUT2D eigenvalue weighted by molar-refractivity contribution is -0.112. The van der Waals surface area contributed by atoms with Gasteiger partial charge in [0.2, 0.25) is 0 Å². The first-order valence-corrected chi connectivity index (χ1v) is 4.53. The summed E-state index contributed by atoms with van der Waals surface area (Å²) < 4.78 is 4.98. The molecule has 0 aliphatic carbocycles. The SMILES string of the molecule is COCCN1CCCC(C=O)C1. The maximum atomic E-state index is 10.5. The third kappa shape index (κ3) is 2.91. The van der Waals surface area contributed by atoms with Crippen LogP contribution < -0.4 is 0 Å². The summed E-state index contributed by atoms with van der Waals surface area (Å²) in [6, 6.07) is 0. The lowest BCUT2D eigenvalue weighted by atomic mass is 10.00. The van der Waals surface area contributed by atoms with E-state index in [1.165, 1.54) is 0 Å². The topological polar surface area (TPSA) is 29.5 Å². The van der Waals surface area contributed by atoms with Gasteiger partial charge >= 0.3 is 0 Å². The Labute approximate surface area is 73.7 Å². The number of nitrogens with zero attached hydrogens (tertiary/aromatic N) is 1. The van der Waals surface area contributed by atoms with E-state index < -0.39 is 0 Å². The normalized spacial score (nSPS) is 25.6. The summed E-state index contributed by atoms with van der Waals surface area (Å²) in [4.78, 5) is 12.8. The van der Waals surface area contributed by atoms with Crippen LogP contribution in [0.15, 0.2) is 0 Å². The highest BCUT2D eigenvalue weighted by molar-refractivity contribution is 5.53. The Morgan fingerprint density at radius 2 is 2.50 bits per heavy atom. The second kappa shape index (κ2) is 5.27. The first kappa shape index (κ1) is 9.68. The third-order valence-corrected chi connectivity index (χ3v) is 2.35. The molecule has 1 aliphatic heterocycles. The van der Waals surface area contributed by atoms with Crippen LogP contribution in [0.3, 0.4) is 0 Å². The summed E-state index contributed by atoms with van der Waals surface area (Å²) >= 11 is 0. The van der Waals surface area contributed by atoms with E-state index in [4.69, 9.17) is 4.74 Å². The molecule has 12 heavy (non-hydrogen) atoms. The average Bonchev–Trinajstić information content (AvgIpc) is 2.15. The molecule has 0 aromatic heterocycles. The summed E-state index contributed by atoms with van der Waals surface area (Å²) in [5.74, 6) is 0.260. The summed E-state index contributed by atoms with van der Waals surface area (Å²) in [7, 11) is 1.71. The Hall–Kier alpha value is -0.410. The lowest BCUT2D eigenvalue weighted by Gasteiger charge is -2.29. The Kier molecular flexibility index (Phi) is 4.25. The Morgan fingerprint density at radius 1 is 1.67 bits per heavy atom. The number of piperidine rings is 1. The summed E-state index contributed by atoms with van der Waals surface area (Å²) in [6.07, 6.45) is 3.29. The van der Waals surface area contributed by atoms with Crippen LogP contribution in [-0.4, -0.2) is 44.5 Å². The number of ether oxygens (including phenoxy) is 1. The van der Waals surface area contributed by atoms with Crippen molar-refractivity contribution in [3.05, 3.63) is 0 Å². The van der Waals surface area contributed by atoms with E-state index in [-0.39, 0.29) is 5.92 Å². The van der Waals surface area contributed by atoms with Crippen molar-refractivity contribution in [3.8, 4) is 0 Å². The lowest BCUT2D eigenvalue weighted by Crippen LogP contribution is -2.37. The zero-order valence-electron chi connectivity index (χ0n) is 7.66. The van der Waals surface area contributed by atoms with Crippen molar-refractivity contribution in [3.63, 3.8) is 0 Å². The highest BCUT2D eigenvalue weighted by atomic mass is 16.5. The molecule has 1 unspecified atom stereocenters. The Balaban J connectivity index is 2.20. The van der Waals surface area contributed by atoms with Crippen molar-refractivity contribution in [1.29, 1.82) is 0 Å². The fourth-order valence-electron chi connectivity index (χ4n) is 1.63. The van der Waals surface area contributed by atoms with Crippen molar-refractivity contribution in [2.75, 3.05) is 33.4 Å². The maximum Gasteiger partial charge on any atom is 0.124 e. The largest absolute Gasteiger partial charge is 0.383 e. The first-order chi connectivity index (χ1) is 5.86. The van der Waals surface area contributed by atoms with E-state index in [1.807, 2.05) is 0 Å². The van der Waals surface area contributed by atoms with Crippen LogP contribution in [0.1, 0.15) is 12.8 Å². The summed E-state index contributed by atoms with van der Waals surface area (Å²) in [5.41, 5.74) is 0. The van der Waals surface area contributed by atoms with Crippen molar-refractivity contribution >= 4 is 6.29 Å². The number of likely N-dealkylation sites (tertiary alicyclic amines) is 1. The number of aldehydes is 1. The molecule has 1 aliphatic rings. The fourth-order valence-corrected chi connectivity index (χ4v) is 1.63. The molecule has 0 bridgehead atoms. The van der Waals surface area contributed by atoms with Gasteiger partial charge in [0.25, 0.3) is 0 Å². The molecule has 1 heterocycles. The molecule has 0 N–H and O–H groups in total. The fraction of sp³-hybridized carbons (Fsp3) is 0.889. The van der Waals surface area contributed by atoms with Gasteiger partial charge < -0.3 is 14.4 Å². The van der Waals surface area contributed by atoms with Gasteiger partial charge in [-0.15, -0.1) is 0 Å². The molecule has 1 atom stereocenters. The van der Waals surface area contributed by atoms with E-state index in [2.05, 4.69) is 4.90 Å². The van der Waals surface area contributed by atoms with Gasteiger partial charge in [0, 0.05) is 26.1 Å². The molecular formula is C9H17NO2. The van der Waals surface area contributed by atoms with Crippen LogP contribution in [-0.2, 0) is 9.53 Å². The van der Waals surface area contributed by atoms with Crippen molar-refractivity contribution in [2.45, 2.75) is 12.8 Å². The molecule has 0 aromatic carbocycles. The van der Waals surface area contributed by atoms with Gasteiger partial charge in [0.15, 0.2) is 0 Å². The monoisotopic (exact) mass is 171 g/mol. The molecule has 0 saturated carbocycles. The van der Waals surface area contributed by atoms with Crippen LogP contribution in [0, 0.1) is 5.92 Å². The number of carbonyl (C=O) groups is 1. The minimum absolute atomic E-state index is 0.260. The van der Waals surface area contributed by atoms with Gasteiger partial charge in [0.05, 0.1) is 6.61 Å². The van der Waals surface area contributed by atoms with Crippen LogP contribution >= 0.6 is 0 Å². The van der Waals surface area contributed by atoms with Crippen molar-refractivity contribution in [2.24, 2.45) is 5.92 Å². The molecule has 0 spiro atoms. The predicted molar refractivity (Wildman–Crippen MR) is 47.1 cm³/mol. The van der Waals surface area contributed by atoms with Crippen LogP contribution in [0.5, 0.6) is 0 Å². The van der Waals surface area contributed by atoms with Gasteiger partial charge in [-0.2, -0.15) is 0 Å². The molecule has 0 amide bonds. The predicted octanol–water partition coefficient (Wildman–Crippen LogP) is 0.544. The zero-order valence-corrected chi connectivity index (χ0v) is 7.66. The highest BCUT2D eigenvalue weighted by Gasteiger charge is 2.18. The zero-order chi connectivity index (χ0) is 8.81. The summed E-state index contributed by atoms with van der Waals surface area (Å²) in [6.45, 7) is 3.77. The van der Waals surface area contributed by atoms with Crippen LogP contribution in [0.25, 0.3) is 0 Å². The van der Waals surface area contributed by atoms with Gasteiger partial charge in [-0.05, 0) is 19.4 Å².